The van der Waals surface area contributed by atoms with Crippen molar-refractivity contribution in [3.63, 3.8) is 0 Å². The van der Waals surface area contributed by atoms with Crippen LogP contribution in [-0.2, 0) is 28.6 Å². The SMILES string of the molecule is CCCCCCCCCCCCCCCCCCCCCCC(=O)OCC(COC(=O)CCCCCCCCCCCCC)OC(=O)CCCCCCCCCCCCCCCCC. The first-order chi connectivity index (χ1) is 31.5. The Morgan fingerprint density at radius 2 is 0.422 bits per heavy atom. The van der Waals surface area contributed by atoms with Crippen LogP contribution in [0.1, 0.15) is 335 Å². The minimum absolute atomic E-state index is 0.0612. The van der Waals surface area contributed by atoms with Crippen LogP contribution in [0.4, 0.5) is 0 Å². The molecular weight excluding hydrogens is 793 g/mol. The fraction of sp³-hybridized carbons (Fsp3) is 0.948. The molecule has 0 aromatic heterocycles. The van der Waals surface area contributed by atoms with E-state index in [4.69, 9.17) is 14.2 Å². The van der Waals surface area contributed by atoms with Crippen molar-refractivity contribution in [3.8, 4) is 0 Å². The molecule has 0 aliphatic carbocycles. The predicted octanol–water partition coefficient (Wildman–Crippen LogP) is 19.2. The van der Waals surface area contributed by atoms with E-state index in [9.17, 15) is 14.4 Å². The van der Waals surface area contributed by atoms with E-state index in [0.717, 1.165) is 57.8 Å². The number of carbonyl (C=O) groups excluding carboxylic acids is 3. The highest BCUT2D eigenvalue weighted by molar-refractivity contribution is 5.71. The maximum Gasteiger partial charge on any atom is 0.306 e. The molecule has 64 heavy (non-hydrogen) atoms. The molecule has 0 fully saturated rings. The Morgan fingerprint density at radius 1 is 0.250 bits per heavy atom. The van der Waals surface area contributed by atoms with Crippen LogP contribution in [-0.4, -0.2) is 37.2 Å². The molecule has 0 aromatic rings. The molecule has 0 N–H and O–H groups in total. The molecule has 0 aromatic carbocycles. The molecule has 0 bridgehead atoms. The molecule has 0 aliphatic heterocycles. The number of carbonyl (C=O) groups is 3. The van der Waals surface area contributed by atoms with Gasteiger partial charge in [-0.25, -0.2) is 0 Å². The summed E-state index contributed by atoms with van der Waals surface area (Å²) in [6.45, 7) is 6.70. The lowest BCUT2D eigenvalue weighted by atomic mass is 10.0. The van der Waals surface area contributed by atoms with Crippen LogP contribution < -0.4 is 0 Å². The maximum atomic E-state index is 12.8. The summed E-state index contributed by atoms with van der Waals surface area (Å²) >= 11 is 0. The fourth-order valence-electron chi connectivity index (χ4n) is 8.98. The Kier molecular flexibility index (Phi) is 52.7. The average molecular weight is 906 g/mol. The molecule has 0 saturated carbocycles. The van der Waals surface area contributed by atoms with E-state index in [1.54, 1.807) is 0 Å². The molecule has 0 heterocycles. The fourth-order valence-corrected chi connectivity index (χ4v) is 8.98. The first kappa shape index (κ1) is 62.4. The second-order valence-electron chi connectivity index (χ2n) is 19.9. The van der Waals surface area contributed by atoms with Gasteiger partial charge in [0, 0.05) is 19.3 Å². The van der Waals surface area contributed by atoms with E-state index in [-0.39, 0.29) is 31.1 Å². The third-order valence-electron chi connectivity index (χ3n) is 13.4. The van der Waals surface area contributed by atoms with Crippen molar-refractivity contribution in [3.05, 3.63) is 0 Å². The predicted molar refractivity (Wildman–Crippen MR) is 275 cm³/mol. The summed E-state index contributed by atoms with van der Waals surface area (Å²) < 4.78 is 16.9. The van der Waals surface area contributed by atoms with Crippen molar-refractivity contribution in [2.75, 3.05) is 13.2 Å². The van der Waals surface area contributed by atoms with Crippen molar-refractivity contribution in [1.29, 1.82) is 0 Å². The van der Waals surface area contributed by atoms with Crippen molar-refractivity contribution in [2.45, 2.75) is 341 Å². The van der Waals surface area contributed by atoms with Gasteiger partial charge < -0.3 is 14.2 Å². The van der Waals surface area contributed by atoms with E-state index >= 15 is 0 Å². The largest absolute Gasteiger partial charge is 0.462 e. The van der Waals surface area contributed by atoms with E-state index in [1.807, 2.05) is 0 Å². The molecule has 6 heteroatoms. The van der Waals surface area contributed by atoms with E-state index in [1.165, 1.54) is 238 Å². The van der Waals surface area contributed by atoms with Crippen molar-refractivity contribution < 1.29 is 28.6 Å². The Bertz CT molecular complexity index is 951. The van der Waals surface area contributed by atoms with Gasteiger partial charge in [-0.1, -0.05) is 297 Å². The van der Waals surface area contributed by atoms with Crippen molar-refractivity contribution in [2.24, 2.45) is 0 Å². The van der Waals surface area contributed by atoms with Crippen molar-refractivity contribution in [1.82, 2.24) is 0 Å². The summed E-state index contributed by atoms with van der Waals surface area (Å²) in [7, 11) is 0. The summed E-state index contributed by atoms with van der Waals surface area (Å²) in [5.41, 5.74) is 0. The molecular formula is C58H112O6. The molecule has 6 nitrogen and oxygen atoms in total. The smallest absolute Gasteiger partial charge is 0.306 e. The first-order valence-electron chi connectivity index (χ1n) is 29.0. The lowest BCUT2D eigenvalue weighted by Crippen LogP contribution is -2.30. The molecule has 1 atom stereocenters. The number of hydrogen-bond acceptors (Lipinski definition) is 6. The monoisotopic (exact) mass is 905 g/mol. The van der Waals surface area contributed by atoms with Gasteiger partial charge in [0.1, 0.15) is 13.2 Å². The van der Waals surface area contributed by atoms with E-state index in [0.29, 0.717) is 19.3 Å². The standard InChI is InChI=1S/C58H112O6/c1-4-7-10-13-16-19-22-24-26-27-28-29-30-32-33-36-39-42-45-48-51-57(60)63-54-55(53-62-56(59)50-47-44-41-38-35-21-18-15-12-9-6-3)64-58(61)52-49-46-43-40-37-34-31-25-23-20-17-14-11-8-5-2/h55H,4-54H2,1-3H3. The Morgan fingerprint density at radius 3 is 0.625 bits per heavy atom. The first-order valence-corrected chi connectivity index (χ1v) is 29.0. The van der Waals surface area contributed by atoms with Crippen LogP contribution in [0.15, 0.2) is 0 Å². The van der Waals surface area contributed by atoms with Gasteiger partial charge in [0.15, 0.2) is 6.10 Å². The topological polar surface area (TPSA) is 78.9 Å². The average Bonchev–Trinajstić information content (AvgIpc) is 3.29. The molecule has 0 aliphatic rings. The number of hydrogen-bond donors (Lipinski definition) is 0. The number of unbranched alkanes of at least 4 members (excludes halogenated alkanes) is 43. The summed E-state index contributed by atoms with van der Waals surface area (Å²) in [6.07, 6.45) is 59.5. The second-order valence-corrected chi connectivity index (χ2v) is 19.9. The second kappa shape index (κ2) is 54.0. The molecule has 380 valence electrons. The zero-order chi connectivity index (χ0) is 46.5. The summed E-state index contributed by atoms with van der Waals surface area (Å²) in [6, 6.07) is 0. The Labute approximate surface area is 399 Å². The number of esters is 3. The summed E-state index contributed by atoms with van der Waals surface area (Å²) in [4.78, 5) is 38.1. The molecule has 0 saturated heterocycles. The lowest BCUT2D eigenvalue weighted by Gasteiger charge is -2.18. The van der Waals surface area contributed by atoms with Crippen LogP contribution in [0.2, 0.25) is 0 Å². The minimum Gasteiger partial charge on any atom is -0.462 e. The zero-order valence-electron chi connectivity index (χ0n) is 43.6. The highest BCUT2D eigenvalue weighted by Gasteiger charge is 2.19. The molecule has 0 rings (SSSR count). The van der Waals surface area contributed by atoms with Gasteiger partial charge in [0.2, 0.25) is 0 Å². The molecule has 0 amide bonds. The van der Waals surface area contributed by atoms with Crippen LogP contribution in [0.25, 0.3) is 0 Å². The highest BCUT2D eigenvalue weighted by Crippen LogP contribution is 2.18. The molecule has 1 unspecified atom stereocenters. The van der Waals surface area contributed by atoms with Gasteiger partial charge in [0.25, 0.3) is 0 Å². The summed E-state index contributed by atoms with van der Waals surface area (Å²) in [5, 5.41) is 0. The van der Waals surface area contributed by atoms with Gasteiger partial charge >= 0.3 is 17.9 Å². The van der Waals surface area contributed by atoms with Crippen LogP contribution in [0.5, 0.6) is 0 Å². The lowest BCUT2D eigenvalue weighted by molar-refractivity contribution is -0.167. The van der Waals surface area contributed by atoms with Crippen LogP contribution >= 0.6 is 0 Å². The third kappa shape index (κ3) is 51.4. The Hall–Kier alpha value is -1.59. The quantitative estimate of drug-likeness (QED) is 0.0344. The highest BCUT2D eigenvalue weighted by atomic mass is 16.6. The van der Waals surface area contributed by atoms with Gasteiger partial charge in [-0.05, 0) is 19.3 Å². The third-order valence-corrected chi connectivity index (χ3v) is 13.4. The number of ether oxygens (including phenoxy) is 3. The van der Waals surface area contributed by atoms with Gasteiger partial charge in [-0.2, -0.15) is 0 Å². The molecule has 0 radical (unpaired) electrons. The van der Waals surface area contributed by atoms with E-state index in [2.05, 4.69) is 20.8 Å². The van der Waals surface area contributed by atoms with Gasteiger partial charge in [-0.3, -0.25) is 14.4 Å². The van der Waals surface area contributed by atoms with Gasteiger partial charge in [0.05, 0.1) is 0 Å². The Balaban J connectivity index is 4.22. The van der Waals surface area contributed by atoms with Crippen LogP contribution in [0.3, 0.4) is 0 Å². The maximum absolute atomic E-state index is 12.8. The van der Waals surface area contributed by atoms with E-state index < -0.39 is 6.10 Å². The molecule has 0 spiro atoms. The minimum atomic E-state index is -0.760. The number of rotatable bonds is 54. The van der Waals surface area contributed by atoms with Crippen molar-refractivity contribution >= 4 is 17.9 Å². The summed E-state index contributed by atoms with van der Waals surface area (Å²) in [5.74, 6) is -0.834. The normalized spacial score (nSPS) is 11.9. The zero-order valence-corrected chi connectivity index (χ0v) is 43.6. The van der Waals surface area contributed by atoms with Crippen LogP contribution in [0, 0.1) is 0 Å². The van der Waals surface area contributed by atoms with Gasteiger partial charge in [-0.15, -0.1) is 0 Å².